The first-order chi connectivity index (χ1) is 13.5. The molecule has 0 aliphatic carbocycles. The van der Waals surface area contributed by atoms with Crippen LogP contribution in [0, 0.1) is 11.6 Å². The minimum Gasteiger partial charge on any atom is -0.451 e. The van der Waals surface area contributed by atoms with E-state index in [1.165, 1.54) is 11.0 Å². The number of hydrogen-bond donors (Lipinski definition) is 1. The molecule has 0 bridgehead atoms. The van der Waals surface area contributed by atoms with Crippen LogP contribution in [0.25, 0.3) is 0 Å². The number of hydrogen-bond acceptors (Lipinski definition) is 6. The van der Waals surface area contributed by atoms with Gasteiger partial charge in [-0.25, -0.2) is 18.4 Å². The summed E-state index contributed by atoms with van der Waals surface area (Å²) in [6, 6.07) is 10.7. The maximum absolute atomic E-state index is 14.7. The Morgan fingerprint density at radius 3 is 2.54 bits per heavy atom. The van der Waals surface area contributed by atoms with Crippen LogP contribution in [0.3, 0.4) is 0 Å². The molecule has 0 saturated carbocycles. The van der Waals surface area contributed by atoms with Crippen molar-refractivity contribution in [3.05, 3.63) is 66.0 Å². The molecular weight excluding hydrogens is 388 g/mol. The van der Waals surface area contributed by atoms with Gasteiger partial charge in [0.1, 0.15) is 18.6 Å². The summed E-state index contributed by atoms with van der Waals surface area (Å²) in [6.07, 6.45) is 1.06. The molecule has 6 nitrogen and oxygen atoms in total. The molecule has 4 rings (SSSR count). The van der Waals surface area contributed by atoms with Gasteiger partial charge < -0.3 is 14.2 Å². The summed E-state index contributed by atoms with van der Waals surface area (Å²) in [7, 11) is 0. The Bertz CT molecular complexity index is 963. The van der Waals surface area contributed by atoms with Crippen molar-refractivity contribution in [1.82, 2.24) is 14.8 Å². The highest BCUT2D eigenvalue weighted by Gasteiger charge is 2.44. The third-order valence-electron chi connectivity index (χ3n) is 4.30. The first-order valence-corrected chi connectivity index (χ1v) is 9.02. The number of para-hydroxylation sites is 1. The van der Waals surface area contributed by atoms with E-state index in [0.29, 0.717) is 10.9 Å². The van der Waals surface area contributed by atoms with Crippen molar-refractivity contribution in [3.63, 3.8) is 0 Å². The van der Waals surface area contributed by atoms with E-state index in [1.807, 2.05) is 6.92 Å². The van der Waals surface area contributed by atoms with Gasteiger partial charge in [-0.3, -0.25) is 0 Å². The second-order valence-electron chi connectivity index (χ2n) is 6.39. The molecule has 146 valence electrons. The van der Waals surface area contributed by atoms with Crippen LogP contribution in [0.4, 0.5) is 8.78 Å². The van der Waals surface area contributed by atoms with E-state index < -0.39 is 23.2 Å². The normalized spacial score (nSPS) is 21.8. The zero-order valence-electron chi connectivity index (χ0n) is 14.9. The van der Waals surface area contributed by atoms with Crippen LogP contribution in [-0.4, -0.2) is 27.5 Å². The van der Waals surface area contributed by atoms with E-state index in [9.17, 15) is 8.78 Å². The van der Waals surface area contributed by atoms with E-state index in [4.69, 9.17) is 14.2 Å². The molecular formula is C19H17F2N3O3S. The maximum atomic E-state index is 14.7. The molecule has 2 unspecified atom stereocenters. The zero-order chi connectivity index (χ0) is 19.7. The molecule has 1 saturated heterocycles. The summed E-state index contributed by atoms with van der Waals surface area (Å²) < 4.78 is 48.0. The van der Waals surface area contributed by atoms with Gasteiger partial charge in [-0.15, -0.1) is 12.6 Å². The van der Waals surface area contributed by atoms with Gasteiger partial charge in [0.25, 0.3) is 0 Å². The molecule has 1 fully saturated rings. The fraction of sp³-hybridized carbons (Fsp3) is 0.263. The average Bonchev–Trinajstić information content (AvgIpc) is 3.25. The third-order valence-corrected chi connectivity index (χ3v) is 4.64. The first-order valence-electron chi connectivity index (χ1n) is 8.58. The number of rotatable bonds is 5. The highest BCUT2D eigenvalue weighted by atomic mass is 32.1. The van der Waals surface area contributed by atoms with Crippen molar-refractivity contribution in [2.75, 3.05) is 6.61 Å². The lowest BCUT2D eigenvalue weighted by atomic mass is 10.0. The van der Waals surface area contributed by atoms with Gasteiger partial charge in [-0.05, 0) is 31.2 Å². The summed E-state index contributed by atoms with van der Waals surface area (Å²) >= 11 is 4.22. The topological polar surface area (TPSA) is 58.4 Å². The van der Waals surface area contributed by atoms with Gasteiger partial charge >= 0.3 is 0 Å². The largest absolute Gasteiger partial charge is 0.451 e. The summed E-state index contributed by atoms with van der Waals surface area (Å²) in [6.45, 7) is 2.11. The van der Waals surface area contributed by atoms with Crippen molar-refractivity contribution < 1.29 is 23.0 Å². The Hall–Kier alpha value is -2.49. The highest BCUT2D eigenvalue weighted by molar-refractivity contribution is 7.80. The van der Waals surface area contributed by atoms with E-state index in [1.54, 1.807) is 30.3 Å². The van der Waals surface area contributed by atoms with Crippen LogP contribution in [0.5, 0.6) is 11.5 Å². The Morgan fingerprint density at radius 1 is 1.25 bits per heavy atom. The number of benzene rings is 2. The number of nitrogens with zero attached hydrogens (tertiary/aromatic N) is 3. The summed E-state index contributed by atoms with van der Waals surface area (Å²) in [5.41, 5.74) is 0.176. The molecule has 28 heavy (non-hydrogen) atoms. The van der Waals surface area contributed by atoms with Crippen molar-refractivity contribution >= 4 is 12.6 Å². The second kappa shape index (κ2) is 7.50. The summed E-state index contributed by atoms with van der Waals surface area (Å²) in [4.78, 5) is 3.94. The zero-order valence-corrected chi connectivity index (χ0v) is 15.8. The highest BCUT2D eigenvalue weighted by Crippen LogP contribution is 2.39. The van der Waals surface area contributed by atoms with Gasteiger partial charge in [0.05, 0.1) is 12.7 Å². The second-order valence-corrected chi connectivity index (χ2v) is 6.79. The Kier molecular flexibility index (Phi) is 5.05. The minimum absolute atomic E-state index is 0.0357. The standard InChI is InChI=1S/C19H17F2N3O3S/c1-12-9-25-19(27-12,10-24-18(28)22-11-23-24)13-7-15(20)17(16(21)8-13)26-14-5-3-2-4-6-14/h2-8,11-12H,9-10H2,1H3,(H,22,23,28). The Balaban J connectivity index is 1.70. The van der Waals surface area contributed by atoms with E-state index in [0.717, 1.165) is 12.1 Å². The Labute approximate surface area is 165 Å². The molecule has 0 amide bonds. The number of ether oxygens (including phenoxy) is 3. The lowest BCUT2D eigenvalue weighted by Crippen LogP contribution is -2.34. The Morgan fingerprint density at radius 2 is 1.96 bits per heavy atom. The molecule has 1 aliphatic rings. The number of halogens is 2. The smallest absolute Gasteiger partial charge is 0.215 e. The molecule has 3 aromatic rings. The van der Waals surface area contributed by atoms with Gasteiger partial charge in [-0.1, -0.05) is 18.2 Å². The van der Waals surface area contributed by atoms with Crippen LogP contribution in [-0.2, 0) is 21.8 Å². The van der Waals surface area contributed by atoms with Crippen LogP contribution in [0.2, 0.25) is 0 Å². The van der Waals surface area contributed by atoms with Crippen LogP contribution in [0.15, 0.2) is 53.9 Å². The van der Waals surface area contributed by atoms with Crippen molar-refractivity contribution in [1.29, 1.82) is 0 Å². The van der Waals surface area contributed by atoms with E-state index >= 15 is 0 Å². The first kappa shape index (κ1) is 18.9. The quantitative estimate of drug-likeness (QED) is 0.652. The number of aromatic nitrogens is 3. The molecule has 0 N–H and O–H groups in total. The van der Waals surface area contributed by atoms with Crippen molar-refractivity contribution in [2.24, 2.45) is 0 Å². The lowest BCUT2D eigenvalue weighted by molar-refractivity contribution is -0.188. The average molecular weight is 405 g/mol. The predicted octanol–water partition coefficient (Wildman–Crippen LogP) is 3.93. The molecule has 0 spiro atoms. The maximum Gasteiger partial charge on any atom is 0.215 e. The summed E-state index contributed by atoms with van der Waals surface area (Å²) in [5, 5.41) is 4.38. The van der Waals surface area contributed by atoms with Crippen molar-refractivity contribution in [3.8, 4) is 11.5 Å². The van der Waals surface area contributed by atoms with Crippen LogP contribution >= 0.6 is 12.6 Å². The molecule has 1 aliphatic heterocycles. The molecule has 2 aromatic carbocycles. The SMILES string of the molecule is CC1COC(Cn2ncnc2S)(c2cc(F)c(Oc3ccccc3)c(F)c2)O1. The molecule has 0 radical (unpaired) electrons. The van der Waals surface area contributed by atoms with Gasteiger partial charge in [-0.2, -0.15) is 5.10 Å². The van der Waals surface area contributed by atoms with Crippen LogP contribution in [0.1, 0.15) is 12.5 Å². The molecule has 2 heterocycles. The van der Waals surface area contributed by atoms with Gasteiger partial charge in [0.2, 0.25) is 5.79 Å². The van der Waals surface area contributed by atoms with E-state index in [2.05, 4.69) is 22.7 Å². The predicted molar refractivity (Wildman–Crippen MR) is 98.3 cm³/mol. The third kappa shape index (κ3) is 3.60. The van der Waals surface area contributed by atoms with E-state index in [-0.39, 0.29) is 24.8 Å². The summed E-state index contributed by atoms with van der Waals surface area (Å²) in [5.74, 6) is -3.32. The molecule has 9 heteroatoms. The number of thiol groups is 1. The lowest BCUT2D eigenvalue weighted by Gasteiger charge is -2.28. The van der Waals surface area contributed by atoms with Crippen molar-refractivity contribution in [2.45, 2.75) is 30.5 Å². The molecule has 2 atom stereocenters. The minimum atomic E-state index is -1.42. The van der Waals surface area contributed by atoms with Gasteiger partial charge in [0, 0.05) is 5.56 Å². The van der Waals surface area contributed by atoms with Gasteiger partial charge in [0.15, 0.2) is 22.5 Å². The monoisotopic (exact) mass is 405 g/mol. The molecule has 1 aromatic heterocycles. The fourth-order valence-electron chi connectivity index (χ4n) is 3.02. The fourth-order valence-corrected chi connectivity index (χ4v) is 3.20. The van der Waals surface area contributed by atoms with Crippen LogP contribution < -0.4 is 4.74 Å².